The molecule has 2 atom stereocenters. The first kappa shape index (κ1) is 15.0. The minimum Gasteiger partial charge on any atom is -0.475 e. The van der Waals surface area contributed by atoms with Gasteiger partial charge >= 0.3 is 0 Å². The van der Waals surface area contributed by atoms with E-state index in [1.54, 1.807) is 43.4 Å². The van der Waals surface area contributed by atoms with E-state index in [0.717, 1.165) is 0 Å². The second-order valence-electron chi connectivity index (χ2n) is 5.16. The van der Waals surface area contributed by atoms with Crippen LogP contribution in [0, 0.1) is 0 Å². The van der Waals surface area contributed by atoms with Crippen LogP contribution in [0.3, 0.4) is 0 Å². The zero-order valence-corrected chi connectivity index (χ0v) is 12.9. The number of ether oxygens (including phenoxy) is 1. The van der Waals surface area contributed by atoms with Crippen molar-refractivity contribution in [3.63, 3.8) is 0 Å². The molecule has 1 heterocycles. The van der Waals surface area contributed by atoms with Crippen molar-refractivity contribution in [1.82, 2.24) is 5.32 Å². The van der Waals surface area contributed by atoms with E-state index >= 15 is 0 Å². The Morgan fingerprint density at radius 3 is 2.55 bits per heavy atom. The molecular formula is C16H17NO4S. The summed E-state index contributed by atoms with van der Waals surface area (Å²) < 4.78 is 30.9. The van der Waals surface area contributed by atoms with Gasteiger partial charge in [0.25, 0.3) is 0 Å². The smallest absolute Gasteiger partial charge is 0.206 e. The summed E-state index contributed by atoms with van der Waals surface area (Å²) in [7, 11) is -1.87. The molecule has 22 heavy (non-hydrogen) atoms. The van der Waals surface area contributed by atoms with Gasteiger partial charge < -0.3 is 9.84 Å². The molecule has 116 valence electrons. The lowest BCUT2D eigenvalue weighted by Crippen LogP contribution is -2.36. The Kier molecular flexibility index (Phi) is 3.90. The topological polar surface area (TPSA) is 75.6 Å². The third-order valence-corrected chi connectivity index (χ3v) is 5.50. The molecule has 1 aliphatic heterocycles. The number of hydrogen-bond acceptors (Lipinski definition) is 5. The molecular weight excluding hydrogens is 302 g/mol. The number of rotatable bonds is 3. The quantitative estimate of drug-likeness (QED) is 0.903. The van der Waals surface area contributed by atoms with Gasteiger partial charge in [0.2, 0.25) is 9.84 Å². The zero-order chi connectivity index (χ0) is 15.7. The van der Waals surface area contributed by atoms with Gasteiger partial charge in [-0.3, -0.25) is 5.32 Å². The fraction of sp³-hybridized carbons (Fsp3) is 0.250. The Morgan fingerprint density at radius 1 is 1.14 bits per heavy atom. The van der Waals surface area contributed by atoms with E-state index in [0.29, 0.717) is 17.7 Å². The van der Waals surface area contributed by atoms with Crippen LogP contribution in [-0.2, 0) is 9.84 Å². The summed E-state index contributed by atoms with van der Waals surface area (Å²) in [5, 5.41) is 13.0. The van der Waals surface area contributed by atoms with Crippen LogP contribution in [0.2, 0.25) is 0 Å². The highest BCUT2D eigenvalue weighted by Crippen LogP contribution is 2.36. The van der Waals surface area contributed by atoms with Crippen LogP contribution in [-0.4, -0.2) is 26.8 Å². The number of sulfone groups is 1. The van der Waals surface area contributed by atoms with E-state index in [2.05, 4.69) is 5.32 Å². The molecule has 2 unspecified atom stereocenters. The minimum absolute atomic E-state index is 0.154. The molecule has 0 radical (unpaired) electrons. The van der Waals surface area contributed by atoms with Crippen molar-refractivity contribution in [1.29, 1.82) is 0 Å². The molecule has 0 aromatic heterocycles. The fourth-order valence-corrected chi connectivity index (χ4v) is 3.80. The SMILES string of the molecule is CNC1CC(O)c2ccc(S(=O)(=O)c3ccccc3)cc2O1. The largest absolute Gasteiger partial charge is 0.475 e. The highest BCUT2D eigenvalue weighted by atomic mass is 32.2. The lowest BCUT2D eigenvalue weighted by Gasteiger charge is -2.29. The Balaban J connectivity index is 2.04. The highest BCUT2D eigenvalue weighted by molar-refractivity contribution is 7.91. The summed E-state index contributed by atoms with van der Waals surface area (Å²) in [5.41, 5.74) is 0.610. The van der Waals surface area contributed by atoms with Gasteiger partial charge in [-0.25, -0.2) is 8.42 Å². The van der Waals surface area contributed by atoms with Gasteiger partial charge in [-0.05, 0) is 31.3 Å². The van der Waals surface area contributed by atoms with Crippen LogP contribution in [0.5, 0.6) is 5.75 Å². The van der Waals surface area contributed by atoms with Crippen LogP contribution in [0.25, 0.3) is 0 Å². The first-order chi connectivity index (χ1) is 10.5. The zero-order valence-electron chi connectivity index (χ0n) is 12.1. The van der Waals surface area contributed by atoms with Crippen molar-refractivity contribution in [3.8, 4) is 5.75 Å². The van der Waals surface area contributed by atoms with Crippen molar-refractivity contribution in [2.75, 3.05) is 7.05 Å². The van der Waals surface area contributed by atoms with E-state index < -0.39 is 15.9 Å². The van der Waals surface area contributed by atoms with E-state index in [9.17, 15) is 13.5 Å². The summed E-state index contributed by atoms with van der Waals surface area (Å²) in [6.45, 7) is 0. The van der Waals surface area contributed by atoms with Gasteiger partial charge in [0, 0.05) is 12.0 Å². The Labute approximate surface area is 129 Å². The first-order valence-corrected chi connectivity index (χ1v) is 8.47. The number of aliphatic hydroxyl groups excluding tert-OH is 1. The molecule has 2 N–H and O–H groups in total. The standard InChI is InChI=1S/C16H17NO4S/c1-17-16-10-14(18)13-8-7-12(9-15(13)21-16)22(19,20)11-5-3-2-4-6-11/h2-9,14,16-18H,10H2,1H3. The number of benzene rings is 2. The van der Waals surface area contributed by atoms with E-state index in [1.807, 2.05) is 0 Å². The summed E-state index contributed by atoms with van der Waals surface area (Å²) in [5.74, 6) is 0.398. The van der Waals surface area contributed by atoms with Crippen LogP contribution >= 0.6 is 0 Å². The third-order valence-electron chi connectivity index (χ3n) is 3.74. The molecule has 0 saturated carbocycles. The molecule has 0 spiro atoms. The second-order valence-corrected chi connectivity index (χ2v) is 7.11. The number of hydrogen-bond donors (Lipinski definition) is 2. The molecule has 0 aliphatic carbocycles. The summed E-state index contributed by atoms with van der Waals surface area (Å²) in [6.07, 6.45) is -0.583. The van der Waals surface area contributed by atoms with Crippen molar-refractivity contribution < 1.29 is 18.3 Å². The van der Waals surface area contributed by atoms with Crippen LogP contribution in [0.4, 0.5) is 0 Å². The average Bonchev–Trinajstić information content (AvgIpc) is 2.55. The molecule has 2 aromatic carbocycles. The lowest BCUT2D eigenvalue weighted by molar-refractivity contribution is 0.0525. The molecule has 1 aliphatic rings. The first-order valence-electron chi connectivity index (χ1n) is 6.98. The van der Waals surface area contributed by atoms with Gasteiger partial charge in [0.15, 0.2) is 6.23 Å². The monoisotopic (exact) mass is 319 g/mol. The number of aliphatic hydroxyl groups is 1. The van der Waals surface area contributed by atoms with Crippen molar-refractivity contribution >= 4 is 9.84 Å². The summed E-state index contributed by atoms with van der Waals surface area (Å²) >= 11 is 0. The second kappa shape index (κ2) is 5.72. The Hall–Kier alpha value is -1.89. The van der Waals surface area contributed by atoms with Crippen LogP contribution in [0.1, 0.15) is 18.1 Å². The van der Waals surface area contributed by atoms with Crippen molar-refractivity contribution in [3.05, 3.63) is 54.1 Å². The summed E-state index contributed by atoms with van der Waals surface area (Å²) in [6, 6.07) is 12.8. The molecule has 2 aromatic rings. The minimum atomic E-state index is -3.60. The predicted molar refractivity (Wildman–Crippen MR) is 81.4 cm³/mol. The van der Waals surface area contributed by atoms with E-state index in [1.165, 1.54) is 12.1 Å². The maximum Gasteiger partial charge on any atom is 0.206 e. The fourth-order valence-electron chi connectivity index (χ4n) is 2.50. The molecule has 0 saturated heterocycles. The number of fused-ring (bicyclic) bond motifs is 1. The van der Waals surface area contributed by atoms with Gasteiger partial charge in [-0.2, -0.15) is 0 Å². The normalized spacial score (nSPS) is 21.0. The van der Waals surface area contributed by atoms with Crippen LogP contribution < -0.4 is 10.1 Å². The highest BCUT2D eigenvalue weighted by Gasteiger charge is 2.28. The van der Waals surface area contributed by atoms with Crippen molar-refractivity contribution in [2.45, 2.75) is 28.5 Å². The maximum absolute atomic E-state index is 12.6. The van der Waals surface area contributed by atoms with E-state index in [-0.39, 0.29) is 16.0 Å². The molecule has 0 fully saturated rings. The lowest BCUT2D eigenvalue weighted by atomic mass is 10.0. The Morgan fingerprint density at radius 2 is 1.86 bits per heavy atom. The van der Waals surface area contributed by atoms with E-state index in [4.69, 9.17) is 4.74 Å². The third kappa shape index (κ3) is 2.61. The maximum atomic E-state index is 12.6. The molecule has 6 heteroatoms. The molecule has 0 bridgehead atoms. The molecule has 5 nitrogen and oxygen atoms in total. The molecule has 3 rings (SSSR count). The summed E-state index contributed by atoms with van der Waals surface area (Å²) in [4.78, 5) is 0.387. The van der Waals surface area contributed by atoms with Gasteiger partial charge in [-0.1, -0.05) is 24.3 Å². The average molecular weight is 319 g/mol. The van der Waals surface area contributed by atoms with Crippen molar-refractivity contribution in [2.24, 2.45) is 0 Å². The van der Waals surface area contributed by atoms with Gasteiger partial charge in [0.1, 0.15) is 5.75 Å². The number of nitrogens with one attached hydrogen (secondary N) is 1. The molecule has 0 amide bonds. The van der Waals surface area contributed by atoms with Gasteiger partial charge in [0.05, 0.1) is 15.9 Å². The Bertz CT molecular complexity index is 774. The van der Waals surface area contributed by atoms with Crippen LogP contribution in [0.15, 0.2) is 58.3 Å². The predicted octanol–water partition coefficient (Wildman–Crippen LogP) is 1.88. The van der Waals surface area contributed by atoms with Gasteiger partial charge in [-0.15, -0.1) is 0 Å².